The molecule has 0 saturated heterocycles. The zero-order chi connectivity index (χ0) is 18.9. The number of ether oxygens (including phenoxy) is 1. The topological polar surface area (TPSA) is 95.9 Å². The van der Waals surface area contributed by atoms with E-state index in [1.807, 2.05) is 19.1 Å². The summed E-state index contributed by atoms with van der Waals surface area (Å²) in [5.74, 6) is -1.05. The van der Waals surface area contributed by atoms with Crippen LogP contribution in [0, 0.1) is 5.92 Å². The molecule has 2 rings (SSSR count). The van der Waals surface area contributed by atoms with Gasteiger partial charge in [0.2, 0.25) is 5.91 Å². The van der Waals surface area contributed by atoms with Gasteiger partial charge in [0, 0.05) is 6.54 Å². The number of phenols is 1. The molecule has 0 aromatic heterocycles. The maximum Gasteiger partial charge on any atom is 0.308 e. The lowest BCUT2D eigenvalue weighted by Crippen LogP contribution is -2.34. The van der Waals surface area contributed by atoms with Crippen LogP contribution in [0.15, 0.2) is 48.5 Å². The summed E-state index contributed by atoms with van der Waals surface area (Å²) in [7, 11) is 0. The molecule has 0 aliphatic rings. The van der Waals surface area contributed by atoms with Gasteiger partial charge in [0.15, 0.2) is 0 Å². The fraction of sp³-hybridized carbons (Fsp3) is 0.300. The molecular weight excluding hydrogens is 334 g/mol. The Hall–Kier alpha value is -3.02. The van der Waals surface area contributed by atoms with Crippen molar-refractivity contribution in [3.05, 3.63) is 59.7 Å². The Bertz CT molecular complexity index is 725. The number of rotatable bonds is 9. The molecule has 0 bridgehead atoms. The highest BCUT2D eigenvalue weighted by atomic mass is 16.5. The molecule has 0 spiro atoms. The van der Waals surface area contributed by atoms with Crippen molar-refractivity contribution in [1.82, 2.24) is 5.32 Å². The van der Waals surface area contributed by atoms with Gasteiger partial charge in [0.05, 0.1) is 18.9 Å². The van der Waals surface area contributed by atoms with Crippen molar-refractivity contribution in [1.29, 1.82) is 0 Å². The van der Waals surface area contributed by atoms with Crippen molar-refractivity contribution in [2.45, 2.75) is 19.8 Å². The maximum absolute atomic E-state index is 12.0. The summed E-state index contributed by atoms with van der Waals surface area (Å²) < 4.78 is 5.37. The van der Waals surface area contributed by atoms with E-state index in [2.05, 4.69) is 5.32 Å². The first-order valence-corrected chi connectivity index (χ1v) is 8.47. The van der Waals surface area contributed by atoms with E-state index >= 15 is 0 Å². The van der Waals surface area contributed by atoms with Crippen molar-refractivity contribution < 1.29 is 24.5 Å². The van der Waals surface area contributed by atoms with Crippen molar-refractivity contribution in [3.8, 4) is 11.5 Å². The van der Waals surface area contributed by atoms with Crippen LogP contribution in [0.25, 0.3) is 0 Å². The predicted molar refractivity (Wildman–Crippen MR) is 97.3 cm³/mol. The number of carbonyl (C=O) groups is 2. The van der Waals surface area contributed by atoms with Crippen LogP contribution in [0.1, 0.15) is 18.1 Å². The molecule has 26 heavy (non-hydrogen) atoms. The van der Waals surface area contributed by atoms with Crippen LogP contribution < -0.4 is 10.1 Å². The van der Waals surface area contributed by atoms with Gasteiger partial charge < -0.3 is 20.3 Å². The van der Waals surface area contributed by atoms with Crippen molar-refractivity contribution in [3.63, 3.8) is 0 Å². The van der Waals surface area contributed by atoms with Crippen molar-refractivity contribution >= 4 is 11.9 Å². The highest BCUT2D eigenvalue weighted by Crippen LogP contribution is 2.15. The van der Waals surface area contributed by atoms with Gasteiger partial charge in [-0.2, -0.15) is 0 Å². The standard InChI is InChI=1S/C20H23NO5/c1-2-26-18-9-5-14(6-10-18)11-16(20(24)25)13-21-19(23)12-15-3-7-17(22)8-4-15/h3-10,16,22H,2,11-13H2,1H3,(H,21,23)(H,24,25). The minimum Gasteiger partial charge on any atom is -0.508 e. The number of carboxylic acids is 1. The summed E-state index contributed by atoms with van der Waals surface area (Å²) in [6.45, 7) is 2.53. The number of aromatic hydroxyl groups is 1. The zero-order valence-corrected chi connectivity index (χ0v) is 14.6. The number of carbonyl (C=O) groups excluding carboxylic acids is 1. The van der Waals surface area contributed by atoms with Crippen LogP contribution in [0.5, 0.6) is 11.5 Å². The monoisotopic (exact) mass is 357 g/mol. The highest BCUT2D eigenvalue weighted by Gasteiger charge is 2.19. The fourth-order valence-corrected chi connectivity index (χ4v) is 2.52. The summed E-state index contributed by atoms with van der Waals surface area (Å²) in [5, 5.41) is 21.3. The second kappa shape index (κ2) is 9.46. The van der Waals surface area contributed by atoms with Gasteiger partial charge in [-0.3, -0.25) is 9.59 Å². The average Bonchev–Trinajstić information content (AvgIpc) is 2.62. The molecule has 2 aromatic carbocycles. The summed E-state index contributed by atoms with van der Waals surface area (Å²) >= 11 is 0. The third-order valence-electron chi connectivity index (χ3n) is 3.91. The number of phenolic OH excluding ortho intramolecular Hbond substituents is 1. The van der Waals surface area contributed by atoms with Crippen molar-refractivity contribution in [2.75, 3.05) is 13.2 Å². The van der Waals surface area contributed by atoms with E-state index in [1.165, 1.54) is 12.1 Å². The van der Waals surface area contributed by atoms with E-state index in [0.717, 1.165) is 16.9 Å². The number of carboxylic acid groups (broad SMARTS) is 1. The number of nitrogens with one attached hydrogen (secondary N) is 1. The van der Waals surface area contributed by atoms with Gasteiger partial charge in [0.25, 0.3) is 0 Å². The molecule has 138 valence electrons. The van der Waals surface area contributed by atoms with Gasteiger partial charge in [-0.15, -0.1) is 0 Å². The van der Waals surface area contributed by atoms with E-state index in [9.17, 15) is 19.8 Å². The molecule has 1 atom stereocenters. The minimum atomic E-state index is -0.955. The van der Waals surface area contributed by atoms with E-state index < -0.39 is 11.9 Å². The zero-order valence-electron chi connectivity index (χ0n) is 14.6. The van der Waals surface area contributed by atoms with Gasteiger partial charge in [-0.1, -0.05) is 24.3 Å². The average molecular weight is 357 g/mol. The van der Waals surface area contributed by atoms with Gasteiger partial charge in [0.1, 0.15) is 11.5 Å². The second-order valence-electron chi connectivity index (χ2n) is 5.96. The molecule has 0 aliphatic carbocycles. The van der Waals surface area contributed by atoms with E-state index in [4.69, 9.17) is 4.74 Å². The smallest absolute Gasteiger partial charge is 0.308 e. The third kappa shape index (κ3) is 6.12. The number of amides is 1. The Kier molecular flexibility index (Phi) is 7.02. The van der Waals surface area contributed by atoms with Crippen LogP contribution in [-0.2, 0) is 22.4 Å². The lowest BCUT2D eigenvalue weighted by molar-refractivity contribution is -0.141. The van der Waals surface area contributed by atoms with Gasteiger partial charge in [-0.25, -0.2) is 0 Å². The SMILES string of the molecule is CCOc1ccc(CC(CNC(=O)Cc2ccc(O)cc2)C(=O)O)cc1. The molecule has 0 saturated carbocycles. The van der Waals surface area contributed by atoms with E-state index in [-0.39, 0.29) is 24.6 Å². The first kappa shape index (κ1) is 19.3. The molecule has 1 amide bonds. The van der Waals surface area contributed by atoms with E-state index in [0.29, 0.717) is 13.0 Å². The quantitative estimate of drug-likeness (QED) is 0.640. The summed E-state index contributed by atoms with van der Waals surface area (Å²) in [6, 6.07) is 13.6. The largest absolute Gasteiger partial charge is 0.508 e. The number of hydrogen-bond donors (Lipinski definition) is 3. The third-order valence-corrected chi connectivity index (χ3v) is 3.91. The number of aliphatic carboxylic acids is 1. The molecule has 1 unspecified atom stereocenters. The van der Waals surface area contributed by atoms with Crippen LogP contribution in [0.2, 0.25) is 0 Å². The molecule has 6 heteroatoms. The van der Waals surface area contributed by atoms with Crippen LogP contribution >= 0.6 is 0 Å². The summed E-state index contributed by atoms with van der Waals surface area (Å²) in [6.07, 6.45) is 0.455. The van der Waals surface area contributed by atoms with Crippen LogP contribution in [0.4, 0.5) is 0 Å². The highest BCUT2D eigenvalue weighted by molar-refractivity contribution is 5.79. The van der Waals surface area contributed by atoms with Crippen molar-refractivity contribution in [2.24, 2.45) is 5.92 Å². The number of benzene rings is 2. The molecular formula is C20H23NO5. The Labute approximate surface area is 152 Å². The first-order valence-electron chi connectivity index (χ1n) is 8.47. The molecule has 0 aliphatic heterocycles. The fourth-order valence-electron chi connectivity index (χ4n) is 2.52. The molecule has 2 aromatic rings. The Morgan fingerprint density at radius 3 is 2.23 bits per heavy atom. The Morgan fingerprint density at radius 2 is 1.65 bits per heavy atom. The first-order chi connectivity index (χ1) is 12.5. The van der Waals surface area contributed by atoms with Gasteiger partial charge >= 0.3 is 5.97 Å². The maximum atomic E-state index is 12.0. The summed E-state index contributed by atoms with van der Waals surface area (Å²) in [5.41, 5.74) is 1.62. The molecule has 0 radical (unpaired) electrons. The second-order valence-corrected chi connectivity index (χ2v) is 5.96. The lowest BCUT2D eigenvalue weighted by Gasteiger charge is -2.14. The lowest BCUT2D eigenvalue weighted by atomic mass is 9.99. The minimum absolute atomic E-state index is 0.0550. The molecule has 3 N–H and O–H groups in total. The molecule has 6 nitrogen and oxygen atoms in total. The van der Waals surface area contributed by atoms with Crippen LogP contribution in [0.3, 0.4) is 0 Å². The Morgan fingerprint density at radius 1 is 1.04 bits per heavy atom. The molecule has 0 fully saturated rings. The number of hydrogen-bond acceptors (Lipinski definition) is 4. The van der Waals surface area contributed by atoms with E-state index in [1.54, 1.807) is 24.3 Å². The summed E-state index contributed by atoms with van der Waals surface area (Å²) in [4.78, 5) is 23.5. The van der Waals surface area contributed by atoms with Gasteiger partial charge in [-0.05, 0) is 48.7 Å². The normalized spacial score (nSPS) is 11.6. The Balaban J connectivity index is 1.88. The predicted octanol–water partition coefficient (Wildman–Crippen LogP) is 2.39. The molecule has 0 heterocycles. The van der Waals surface area contributed by atoms with Crippen LogP contribution in [-0.4, -0.2) is 35.2 Å².